The van der Waals surface area contributed by atoms with Crippen molar-refractivity contribution in [3.8, 4) is 0 Å². The molecule has 0 radical (unpaired) electrons. The van der Waals surface area contributed by atoms with E-state index in [9.17, 15) is 9.90 Å². The van der Waals surface area contributed by atoms with Crippen LogP contribution in [0.4, 0.5) is 0 Å². The van der Waals surface area contributed by atoms with Crippen LogP contribution < -0.4 is 5.32 Å². The van der Waals surface area contributed by atoms with Gasteiger partial charge in [-0.05, 0) is 54.8 Å². The van der Waals surface area contributed by atoms with Crippen molar-refractivity contribution in [2.24, 2.45) is 0 Å². The molecule has 2 aromatic heterocycles. The van der Waals surface area contributed by atoms with Gasteiger partial charge in [-0.25, -0.2) is 0 Å². The van der Waals surface area contributed by atoms with Crippen molar-refractivity contribution in [3.05, 3.63) is 69.6 Å². The highest BCUT2D eigenvalue weighted by Crippen LogP contribution is 2.30. The summed E-state index contributed by atoms with van der Waals surface area (Å²) >= 11 is 8.71. The molecule has 25 heavy (non-hydrogen) atoms. The van der Waals surface area contributed by atoms with E-state index in [1.165, 1.54) is 23.1 Å². The Morgan fingerprint density at radius 3 is 2.72 bits per heavy atom. The van der Waals surface area contributed by atoms with Crippen molar-refractivity contribution in [3.63, 3.8) is 0 Å². The van der Waals surface area contributed by atoms with Crippen molar-refractivity contribution < 1.29 is 14.3 Å². The summed E-state index contributed by atoms with van der Waals surface area (Å²) in [6, 6.07) is 14.4. The van der Waals surface area contributed by atoms with Crippen molar-refractivity contribution in [2.45, 2.75) is 22.5 Å². The van der Waals surface area contributed by atoms with Gasteiger partial charge in [-0.1, -0.05) is 29.4 Å². The molecule has 1 aromatic carbocycles. The van der Waals surface area contributed by atoms with Crippen molar-refractivity contribution in [1.82, 2.24) is 5.32 Å². The summed E-state index contributed by atoms with van der Waals surface area (Å²) < 4.78 is 5.57. The average molecular weight is 394 g/mol. The Bertz CT molecular complexity index is 842. The molecular formula is C18H16ClNO3S2. The molecule has 0 bridgehead atoms. The topological polar surface area (TPSA) is 62.5 Å². The van der Waals surface area contributed by atoms with Crippen LogP contribution in [0.25, 0.3) is 0 Å². The molecule has 0 fully saturated rings. The van der Waals surface area contributed by atoms with E-state index < -0.39 is 5.60 Å². The first kappa shape index (κ1) is 18.1. The highest BCUT2D eigenvalue weighted by molar-refractivity contribution is 7.99. The number of nitrogens with one attached hydrogen (secondary N) is 1. The fraction of sp³-hybridized carbons (Fsp3) is 0.167. The lowest BCUT2D eigenvalue weighted by molar-refractivity contribution is 0.0547. The number of hydrogen-bond donors (Lipinski definition) is 2. The first-order valence-electron chi connectivity index (χ1n) is 7.52. The molecule has 4 nitrogen and oxygen atoms in total. The quantitative estimate of drug-likeness (QED) is 0.632. The third-order valence-corrected chi connectivity index (χ3v) is 5.79. The molecule has 0 saturated carbocycles. The molecule has 2 N–H and O–H groups in total. The summed E-state index contributed by atoms with van der Waals surface area (Å²) in [4.78, 5) is 14.0. The zero-order valence-electron chi connectivity index (χ0n) is 13.4. The lowest BCUT2D eigenvalue weighted by atomic mass is 10.1. The smallest absolute Gasteiger partial charge is 0.287 e. The minimum Gasteiger partial charge on any atom is -0.444 e. The van der Waals surface area contributed by atoms with Crippen LogP contribution in [-0.4, -0.2) is 17.6 Å². The number of thiophene rings is 1. The molecular weight excluding hydrogens is 378 g/mol. The first-order chi connectivity index (χ1) is 11.9. The highest BCUT2D eigenvalue weighted by Gasteiger charge is 2.25. The van der Waals surface area contributed by atoms with Crippen LogP contribution in [0.3, 0.4) is 0 Å². The normalized spacial score (nSPS) is 13.4. The second kappa shape index (κ2) is 7.66. The van der Waals surface area contributed by atoms with E-state index >= 15 is 0 Å². The Kier molecular flexibility index (Phi) is 5.54. The first-order valence-corrected chi connectivity index (χ1v) is 9.59. The molecule has 0 unspecified atom stereocenters. The lowest BCUT2D eigenvalue weighted by Gasteiger charge is -2.21. The zero-order chi connectivity index (χ0) is 17.9. The molecule has 0 aliphatic rings. The number of rotatable bonds is 6. The minimum absolute atomic E-state index is 0.104. The van der Waals surface area contributed by atoms with Gasteiger partial charge < -0.3 is 14.8 Å². The van der Waals surface area contributed by atoms with E-state index in [0.29, 0.717) is 10.1 Å². The van der Waals surface area contributed by atoms with E-state index in [2.05, 4.69) is 5.32 Å². The predicted molar refractivity (Wildman–Crippen MR) is 101 cm³/mol. The van der Waals surface area contributed by atoms with E-state index in [0.717, 1.165) is 9.77 Å². The van der Waals surface area contributed by atoms with Gasteiger partial charge in [0.15, 0.2) is 10.9 Å². The van der Waals surface area contributed by atoms with Crippen LogP contribution in [0.1, 0.15) is 22.4 Å². The molecule has 0 saturated heterocycles. The molecule has 1 amide bonds. The maximum Gasteiger partial charge on any atom is 0.287 e. The van der Waals surface area contributed by atoms with Crippen LogP contribution in [-0.2, 0) is 5.60 Å². The summed E-state index contributed by atoms with van der Waals surface area (Å²) in [5.74, 6) is -0.154. The number of aliphatic hydroxyl groups is 1. The molecule has 2 heterocycles. The van der Waals surface area contributed by atoms with Gasteiger partial charge in [0.25, 0.3) is 5.91 Å². The van der Waals surface area contributed by atoms with E-state index in [1.807, 2.05) is 29.6 Å². The number of benzene rings is 1. The van der Waals surface area contributed by atoms with Gasteiger partial charge in [-0.15, -0.1) is 11.3 Å². The SMILES string of the molecule is C[C@](O)(CNC(=O)c1ccc(Sc2ccc(Cl)cc2)o1)c1cccs1. The van der Waals surface area contributed by atoms with Gasteiger partial charge in [0.05, 0.1) is 6.54 Å². The van der Waals surface area contributed by atoms with Crippen molar-refractivity contribution in [2.75, 3.05) is 6.54 Å². The Balaban J connectivity index is 1.60. The maximum absolute atomic E-state index is 12.2. The molecule has 3 rings (SSSR count). The Labute approximate surface area is 158 Å². The van der Waals surface area contributed by atoms with Crippen LogP contribution >= 0.6 is 34.7 Å². The van der Waals surface area contributed by atoms with E-state index in [-0.39, 0.29) is 18.2 Å². The van der Waals surface area contributed by atoms with Gasteiger partial charge in [0, 0.05) is 14.8 Å². The van der Waals surface area contributed by atoms with Gasteiger partial charge in [-0.2, -0.15) is 0 Å². The van der Waals surface area contributed by atoms with Gasteiger partial charge in [-0.3, -0.25) is 4.79 Å². The molecule has 130 valence electrons. The standard InChI is InChI=1S/C18H16ClNO3S2/c1-18(22,15-3-2-10-24-15)11-20-17(21)14-8-9-16(23-14)25-13-6-4-12(19)5-7-13/h2-10,22H,11H2,1H3,(H,20,21)/t18-/m0/s1. The summed E-state index contributed by atoms with van der Waals surface area (Å²) in [7, 11) is 0. The highest BCUT2D eigenvalue weighted by atomic mass is 35.5. The predicted octanol–water partition coefficient (Wildman–Crippen LogP) is 4.78. The fourth-order valence-corrected chi connectivity index (χ4v) is 3.81. The maximum atomic E-state index is 12.2. The summed E-state index contributed by atoms with van der Waals surface area (Å²) in [5, 5.41) is 16.3. The van der Waals surface area contributed by atoms with Gasteiger partial charge in [0.2, 0.25) is 0 Å². The van der Waals surface area contributed by atoms with Gasteiger partial charge in [0.1, 0.15) is 5.60 Å². The van der Waals surface area contributed by atoms with E-state index in [1.54, 1.807) is 31.2 Å². The molecule has 3 aromatic rings. The lowest BCUT2D eigenvalue weighted by Crippen LogP contribution is -2.37. The average Bonchev–Trinajstić information content (AvgIpc) is 3.27. The van der Waals surface area contributed by atoms with Crippen LogP contribution in [0.2, 0.25) is 5.02 Å². The number of halogens is 1. The third-order valence-electron chi connectivity index (χ3n) is 3.48. The summed E-state index contributed by atoms with van der Waals surface area (Å²) in [6.07, 6.45) is 0. The molecule has 0 aliphatic heterocycles. The number of carbonyl (C=O) groups is 1. The minimum atomic E-state index is -1.11. The van der Waals surface area contributed by atoms with Crippen molar-refractivity contribution in [1.29, 1.82) is 0 Å². The second-order valence-electron chi connectivity index (χ2n) is 5.61. The zero-order valence-corrected chi connectivity index (χ0v) is 15.8. The number of carbonyl (C=O) groups excluding carboxylic acids is 1. The van der Waals surface area contributed by atoms with Crippen LogP contribution in [0.5, 0.6) is 0 Å². The largest absolute Gasteiger partial charge is 0.444 e. The Hall–Kier alpha value is -1.73. The fourth-order valence-electron chi connectivity index (χ4n) is 2.13. The molecule has 0 aliphatic carbocycles. The Morgan fingerprint density at radius 1 is 1.28 bits per heavy atom. The van der Waals surface area contributed by atoms with E-state index in [4.69, 9.17) is 16.0 Å². The number of amides is 1. The summed E-state index contributed by atoms with van der Waals surface area (Å²) in [6.45, 7) is 1.77. The molecule has 7 heteroatoms. The number of furan rings is 1. The second-order valence-corrected chi connectivity index (χ2v) is 8.07. The number of hydrogen-bond acceptors (Lipinski definition) is 5. The van der Waals surface area contributed by atoms with Crippen molar-refractivity contribution >= 4 is 40.6 Å². The molecule has 0 spiro atoms. The Morgan fingerprint density at radius 2 is 2.04 bits per heavy atom. The van der Waals surface area contributed by atoms with Crippen LogP contribution in [0.15, 0.2) is 68.3 Å². The monoisotopic (exact) mass is 393 g/mol. The van der Waals surface area contributed by atoms with Gasteiger partial charge >= 0.3 is 0 Å². The van der Waals surface area contributed by atoms with Crippen LogP contribution in [0, 0.1) is 0 Å². The summed E-state index contributed by atoms with van der Waals surface area (Å²) in [5.41, 5.74) is -1.11. The third kappa shape index (κ3) is 4.67. The molecule has 1 atom stereocenters.